The Kier molecular flexibility index (Phi) is 4.80. The topological polar surface area (TPSA) is 94.2 Å². The van der Waals surface area contributed by atoms with Crippen LogP contribution in [0.4, 0.5) is 5.69 Å². The van der Waals surface area contributed by atoms with Crippen LogP contribution >= 0.6 is 0 Å². The monoisotopic (exact) mass is 436 g/mol. The van der Waals surface area contributed by atoms with Crippen LogP contribution in [0.1, 0.15) is 45.5 Å². The predicted octanol–water partition coefficient (Wildman–Crippen LogP) is 2.84. The van der Waals surface area contributed by atoms with Crippen molar-refractivity contribution in [2.45, 2.75) is 31.3 Å². The van der Waals surface area contributed by atoms with Gasteiger partial charge in [0.25, 0.3) is 5.91 Å². The molecule has 2 amide bonds. The van der Waals surface area contributed by atoms with Crippen LogP contribution < -0.4 is 19.5 Å². The van der Waals surface area contributed by atoms with E-state index in [2.05, 4.69) is 5.32 Å². The first-order valence-electron chi connectivity index (χ1n) is 10.6. The molecule has 3 aliphatic rings. The molecule has 3 heterocycles. The van der Waals surface area contributed by atoms with Gasteiger partial charge in [0, 0.05) is 49.3 Å². The number of amides is 2. The minimum atomic E-state index is -0.646. The van der Waals surface area contributed by atoms with Crippen molar-refractivity contribution in [1.82, 2.24) is 4.90 Å². The molecule has 0 radical (unpaired) electrons. The largest absolute Gasteiger partial charge is 0.496 e. The summed E-state index contributed by atoms with van der Waals surface area (Å²) < 4.78 is 17.1. The predicted molar refractivity (Wildman–Crippen MR) is 116 cm³/mol. The van der Waals surface area contributed by atoms with Gasteiger partial charge in [-0.2, -0.15) is 0 Å². The van der Waals surface area contributed by atoms with Crippen LogP contribution in [0.15, 0.2) is 30.3 Å². The van der Waals surface area contributed by atoms with Crippen molar-refractivity contribution in [3.8, 4) is 17.2 Å². The van der Waals surface area contributed by atoms with Crippen molar-refractivity contribution in [3.05, 3.63) is 47.0 Å². The zero-order chi connectivity index (χ0) is 22.5. The number of likely N-dealkylation sites (tertiary alicyclic amines) is 1. The van der Waals surface area contributed by atoms with Gasteiger partial charge in [-0.15, -0.1) is 0 Å². The van der Waals surface area contributed by atoms with E-state index in [-0.39, 0.29) is 24.0 Å². The maximum atomic E-state index is 13.1. The number of hydrogen-bond donors (Lipinski definition) is 1. The van der Waals surface area contributed by atoms with E-state index in [1.165, 1.54) is 7.11 Å². The summed E-state index contributed by atoms with van der Waals surface area (Å²) in [6.07, 6.45) is 1.64. The quantitative estimate of drug-likeness (QED) is 0.795. The third kappa shape index (κ3) is 3.36. The Balaban J connectivity index is 1.33. The lowest BCUT2D eigenvalue weighted by Gasteiger charge is -2.44. The lowest BCUT2D eigenvalue weighted by atomic mass is 9.82. The van der Waals surface area contributed by atoms with Gasteiger partial charge in [0.1, 0.15) is 28.4 Å². The molecule has 8 heteroatoms. The second kappa shape index (κ2) is 7.55. The fourth-order valence-corrected chi connectivity index (χ4v) is 4.79. The maximum absolute atomic E-state index is 13.1. The number of piperidine rings is 1. The number of ketones is 1. The summed E-state index contributed by atoms with van der Waals surface area (Å²) >= 11 is 0. The lowest BCUT2D eigenvalue weighted by molar-refractivity contribution is -0.115. The molecule has 0 unspecified atom stereocenters. The minimum absolute atomic E-state index is 0.0266. The van der Waals surface area contributed by atoms with Crippen molar-refractivity contribution in [2.24, 2.45) is 0 Å². The summed E-state index contributed by atoms with van der Waals surface area (Å²) in [4.78, 5) is 39.4. The average molecular weight is 436 g/mol. The first-order chi connectivity index (χ1) is 15.4. The van der Waals surface area contributed by atoms with Gasteiger partial charge in [0.15, 0.2) is 5.78 Å². The first-order valence-corrected chi connectivity index (χ1v) is 10.6. The molecule has 0 saturated carbocycles. The van der Waals surface area contributed by atoms with Gasteiger partial charge in [0.05, 0.1) is 27.1 Å². The van der Waals surface area contributed by atoms with Crippen molar-refractivity contribution in [1.29, 1.82) is 0 Å². The molecule has 1 N–H and O–H groups in total. The molecule has 2 aromatic rings. The average Bonchev–Trinajstić information content (AvgIpc) is 3.17. The molecule has 0 aromatic heterocycles. The SMILES string of the molecule is COc1cc(OC)c2c(c1)OC1(CCN(C(=O)c3ccc4c(c3)CC(=O)N4)CC1)CC2=O. The van der Waals surface area contributed by atoms with Crippen LogP contribution in [0.3, 0.4) is 0 Å². The summed E-state index contributed by atoms with van der Waals surface area (Å²) in [5, 5.41) is 2.78. The van der Waals surface area contributed by atoms with Gasteiger partial charge in [-0.1, -0.05) is 0 Å². The summed E-state index contributed by atoms with van der Waals surface area (Å²) in [6.45, 7) is 0.966. The second-order valence-corrected chi connectivity index (χ2v) is 8.48. The third-order valence-electron chi connectivity index (χ3n) is 6.52. The smallest absolute Gasteiger partial charge is 0.253 e. The van der Waals surface area contributed by atoms with Crippen molar-refractivity contribution >= 4 is 23.3 Å². The number of Topliss-reactive ketones (excluding diaryl/α,β-unsaturated/α-hetero) is 1. The number of carbonyl (C=O) groups excluding carboxylic acids is 3. The summed E-state index contributed by atoms with van der Waals surface area (Å²) in [6, 6.07) is 8.70. The third-order valence-corrected chi connectivity index (χ3v) is 6.52. The molecule has 0 bridgehead atoms. The summed E-state index contributed by atoms with van der Waals surface area (Å²) in [5.41, 5.74) is 1.97. The number of carbonyl (C=O) groups is 3. The Bertz CT molecular complexity index is 1130. The Morgan fingerprint density at radius 1 is 1.09 bits per heavy atom. The number of anilines is 1. The van der Waals surface area contributed by atoms with Gasteiger partial charge in [0.2, 0.25) is 5.91 Å². The van der Waals surface area contributed by atoms with Crippen LogP contribution in [-0.2, 0) is 11.2 Å². The Morgan fingerprint density at radius 3 is 2.59 bits per heavy atom. The molecular weight excluding hydrogens is 412 g/mol. The van der Waals surface area contributed by atoms with Crippen molar-refractivity contribution in [2.75, 3.05) is 32.6 Å². The van der Waals surface area contributed by atoms with E-state index >= 15 is 0 Å². The molecule has 5 rings (SSSR count). The van der Waals surface area contributed by atoms with Crippen LogP contribution in [-0.4, -0.2) is 55.4 Å². The number of nitrogens with zero attached hydrogens (tertiary/aromatic N) is 1. The second-order valence-electron chi connectivity index (χ2n) is 8.48. The zero-order valence-electron chi connectivity index (χ0n) is 18.0. The highest BCUT2D eigenvalue weighted by Gasteiger charge is 2.45. The minimum Gasteiger partial charge on any atom is -0.496 e. The standard InChI is InChI=1S/C24H24N2O6/c1-30-16-11-19(31-2)22-18(27)13-24(32-20(22)12-16)5-7-26(8-6-24)23(29)14-3-4-17-15(9-14)10-21(28)25-17/h3-4,9,11-12H,5-8,10,13H2,1-2H3,(H,25,28). The Hall–Kier alpha value is -3.55. The number of fused-ring (bicyclic) bond motifs is 2. The van der Waals surface area contributed by atoms with E-state index in [1.807, 2.05) is 0 Å². The molecule has 1 saturated heterocycles. The Labute approximate surface area is 185 Å². The van der Waals surface area contributed by atoms with Crippen LogP contribution in [0, 0.1) is 0 Å². The highest BCUT2D eigenvalue weighted by Crippen LogP contribution is 2.44. The van der Waals surface area contributed by atoms with Gasteiger partial charge in [-0.3, -0.25) is 14.4 Å². The van der Waals surface area contributed by atoms with E-state index in [9.17, 15) is 14.4 Å². The van der Waals surface area contributed by atoms with Crippen LogP contribution in [0.2, 0.25) is 0 Å². The normalized spacial score (nSPS) is 18.5. The number of nitrogens with one attached hydrogen (secondary N) is 1. The van der Waals surface area contributed by atoms with Gasteiger partial charge in [-0.25, -0.2) is 0 Å². The van der Waals surface area contributed by atoms with Gasteiger partial charge in [-0.05, 0) is 23.8 Å². The van der Waals surface area contributed by atoms with Crippen molar-refractivity contribution < 1.29 is 28.6 Å². The highest BCUT2D eigenvalue weighted by atomic mass is 16.5. The highest BCUT2D eigenvalue weighted by molar-refractivity contribution is 6.03. The molecule has 0 aliphatic carbocycles. The number of hydrogen-bond acceptors (Lipinski definition) is 6. The van der Waals surface area contributed by atoms with E-state index in [0.717, 1.165) is 11.3 Å². The fourth-order valence-electron chi connectivity index (χ4n) is 4.79. The molecule has 2 aromatic carbocycles. The van der Waals surface area contributed by atoms with E-state index in [4.69, 9.17) is 14.2 Å². The molecule has 8 nitrogen and oxygen atoms in total. The number of benzene rings is 2. The molecular formula is C24H24N2O6. The van der Waals surface area contributed by atoms with E-state index < -0.39 is 5.60 Å². The van der Waals surface area contributed by atoms with E-state index in [1.54, 1.807) is 42.3 Å². The molecule has 3 aliphatic heterocycles. The van der Waals surface area contributed by atoms with Crippen LogP contribution in [0.5, 0.6) is 17.2 Å². The molecule has 1 spiro atoms. The number of rotatable bonds is 3. The van der Waals surface area contributed by atoms with Crippen LogP contribution in [0.25, 0.3) is 0 Å². The Morgan fingerprint density at radius 2 is 1.88 bits per heavy atom. The number of methoxy groups -OCH3 is 2. The number of ether oxygens (including phenoxy) is 3. The van der Waals surface area contributed by atoms with E-state index in [0.29, 0.717) is 60.7 Å². The summed E-state index contributed by atoms with van der Waals surface area (Å²) in [7, 11) is 3.07. The summed E-state index contributed by atoms with van der Waals surface area (Å²) in [5.74, 6) is 1.30. The molecule has 1 fully saturated rings. The van der Waals surface area contributed by atoms with Gasteiger partial charge >= 0.3 is 0 Å². The fraction of sp³-hybridized carbons (Fsp3) is 0.375. The first kappa shape index (κ1) is 20.4. The molecule has 166 valence electrons. The van der Waals surface area contributed by atoms with Crippen molar-refractivity contribution in [3.63, 3.8) is 0 Å². The maximum Gasteiger partial charge on any atom is 0.253 e. The van der Waals surface area contributed by atoms with Gasteiger partial charge < -0.3 is 24.4 Å². The lowest BCUT2D eigenvalue weighted by Crippen LogP contribution is -2.52. The zero-order valence-corrected chi connectivity index (χ0v) is 18.0. The molecule has 32 heavy (non-hydrogen) atoms. The molecule has 0 atom stereocenters.